The SMILES string of the molecule is CON1C=NC(Cl)=NC1Cl. The van der Waals surface area contributed by atoms with Crippen LogP contribution in [0.25, 0.3) is 0 Å². The molecule has 6 heteroatoms. The summed E-state index contributed by atoms with van der Waals surface area (Å²) in [4.78, 5) is 12.1. The van der Waals surface area contributed by atoms with E-state index in [-0.39, 0.29) is 5.29 Å². The molecular weight excluding hydrogens is 177 g/mol. The fourth-order valence-electron chi connectivity index (χ4n) is 0.472. The van der Waals surface area contributed by atoms with Crippen molar-refractivity contribution in [1.82, 2.24) is 5.06 Å². The third kappa shape index (κ3) is 1.59. The van der Waals surface area contributed by atoms with Crippen LogP contribution >= 0.6 is 23.2 Å². The number of halogens is 2. The zero-order valence-corrected chi connectivity index (χ0v) is 6.67. The van der Waals surface area contributed by atoms with E-state index in [0.29, 0.717) is 0 Å². The number of hydrogen-bond donors (Lipinski definition) is 0. The molecule has 0 aromatic rings. The predicted octanol–water partition coefficient (Wildman–Crippen LogP) is 1.01. The van der Waals surface area contributed by atoms with Crippen LogP contribution in [0.3, 0.4) is 0 Å². The van der Waals surface area contributed by atoms with E-state index in [0.717, 1.165) is 0 Å². The first-order chi connectivity index (χ1) is 4.74. The summed E-state index contributed by atoms with van der Waals surface area (Å²) in [6.45, 7) is 0. The van der Waals surface area contributed by atoms with Gasteiger partial charge in [0, 0.05) is 0 Å². The van der Waals surface area contributed by atoms with Crippen molar-refractivity contribution >= 4 is 34.8 Å². The van der Waals surface area contributed by atoms with Crippen LogP contribution in [-0.4, -0.2) is 29.4 Å². The second kappa shape index (κ2) is 3.18. The number of aliphatic imine (C=N–C) groups is 2. The Labute approximate surface area is 68.1 Å². The van der Waals surface area contributed by atoms with Crippen LogP contribution < -0.4 is 0 Å². The first-order valence-corrected chi connectivity index (χ1v) is 3.29. The minimum absolute atomic E-state index is 0.133. The molecule has 0 amide bonds. The van der Waals surface area contributed by atoms with Gasteiger partial charge in [0.25, 0.3) is 0 Å². The molecule has 0 spiro atoms. The van der Waals surface area contributed by atoms with Crippen molar-refractivity contribution in [1.29, 1.82) is 0 Å². The number of hydroxylamine groups is 2. The van der Waals surface area contributed by atoms with E-state index in [2.05, 4.69) is 9.98 Å². The van der Waals surface area contributed by atoms with Crippen LogP contribution in [-0.2, 0) is 4.84 Å². The van der Waals surface area contributed by atoms with Gasteiger partial charge in [0.05, 0.1) is 7.11 Å². The molecule has 4 nitrogen and oxygen atoms in total. The average molecular weight is 182 g/mol. The summed E-state index contributed by atoms with van der Waals surface area (Å²) in [6, 6.07) is 0. The Morgan fingerprint density at radius 3 is 3.00 bits per heavy atom. The van der Waals surface area contributed by atoms with E-state index in [9.17, 15) is 0 Å². The number of alkyl halides is 1. The quantitative estimate of drug-likeness (QED) is 0.448. The lowest BCUT2D eigenvalue weighted by Crippen LogP contribution is -2.30. The molecule has 0 saturated heterocycles. The maximum Gasteiger partial charge on any atom is 0.224 e. The highest BCUT2D eigenvalue weighted by molar-refractivity contribution is 6.65. The maximum absolute atomic E-state index is 5.62. The molecule has 0 aliphatic carbocycles. The summed E-state index contributed by atoms with van der Waals surface area (Å²) in [6.07, 6.45) is 1.37. The van der Waals surface area contributed by atoms with Gasteiger partial charge in [-0.1, -0.05) is 11.6 Å². The number of rotatable bonds is 1. The van der Waals surface area contributed by atoms with Gasteiger partial charge in [-0.2, -0.15) is 0 Å². The van der Waals surface area contributed by atoms with Crippen molar-refractivity contribution in [3.05, 3.63) is 0 Å². The lowest BCUT2D eigenvalue weighted by molar-refractivity contribution is -0.0696. The maximum atomic E-state index is 5.62. The smallest absolute Gasteiger partial charge is 0.224 e. The fraction of sp³-hybridized carbons (Fsp3) is 0.500. The van der Waals surface area contributed by atoms with Crippen LogP contribution in [0, 0.1) is 0 Å². The van der Waals surface area contributed by atoms with Gasteiger partial charge in [-0.25, -0.2) is 15.0 Å². The number of nitrogens with zero attached hydrogens (tertiary/aromatic N) is 3. The second-order valence-corrected chi connectivity index (χ2v) is 2.22. The molecule has 56 valence electrons. The van der Waals surface area contributed by atoms with Gasteiger partial charge in [-0.15, -0.1) is 0 Å². The summed E-state index contributed by atoms with van der Waals surface area (Å²) in [5.74, 6) is 0. The summed E-state index contributed by atoms with van der Waals surface area (Å²) in [7, 11) is 1.47. The van der Waals surface area contributed by atoms with Crippen LogP contribution in [0.15, 0.2) is 9.98 Å². The van der Waals surface area contributed by atoms with Gasteiger partial charge in [0.15, 0.2) is 0 Å². The number of amidine groups is 1. The summed E-state index contributed by atoms with van der Waals surface area (Å²) < 4.78 is 0. The Balaban J connectivity index is 2.64. The third-order valence-corrected chi connectivity index (χ3v) is 1.40. The molecule has 0 radical (unpaired) electrons. The molecule has 10 heavy (non-hydrogen) atoms. The van der Waals surface area contributed by atoms with Crippen molar-refractivity contribution in [2.24, 2.45) is 9.98 Å². The minimum Gasteiger partial charge on any atom is -0.273 e. The molecule has 0 aromatic heterocycles. The average Bonchev–Trinajstić information content (AvgIpc) is 1.88. The molecule has 1 aliphatic rings. The molecular formula is C4H5Cl2N3O. The predicted molar refractivity (Wildman–Crippen MR) is 40.3 cm³/mol. The summed E-state index contributed by atoms with van der Waals surface area (Å²) in [5.41, 5.74) is -0.616. The topological polar surface area (TPSA) is 37.2 Å². The van der Waals surface area contributed by atoms with E-state index in [4.69, 9.17) is 28.0 Å². The lowest BCUT2D eigenvalue weighted by atomic mass is 10.9. The molecule has 1 atom stereocenters. The molecule has 0 saturated carbocycles. The van der Waals surface area contributed by atoms with Crippen molar-refractivity contribution in [3.63, 3.8) is 0 Å². The van der Waals surface area contributed by atoms with Crippen LogP contribution in [0.4, 0.5) is 0 Å². The van der Waals surface area contributed by atoms with Crippen LogP contribution in [0.5, 0.6) is 0 Å². The highest BCUT2D eigenvalue weighted by Crippen LogP contribution is 2.10. The standard InChI is InChI=1S/C4H5Cl2N3O/c1-10-9-2-7-3(5)8-4(9)6/h2,4H,1H3. The Kier molecular flexibility index (Phi) is 2.48. The van der Waals surface area contributed by atoms with Gasteiger partial charge < -0.3 is 0 Å². The Hall–Kier alpha value is -0.320. The van der Waals surface area contributed by atoms with Gasteiger partial charge in [-0.05, 0) is 11.6 Å². The van der Waals surface area contributed by atoms with E-state index in [1.54, 1.807) is 0 Å². The van der Waals surface area contributed by atoms with Gasteiger partial charge >= 0.3 is 0 Å². The molecule has 0 bridgehead atoms. The molecule has 1 heterocycles. The summed E-state index contributed by atoms with van der Waals surface area (Å²) >= 11 is 11.0. The van der Waals surface area contributed by atoms with Crippen LogP contribution in [0.1, 0.15) is 0 Å². The molecule has 0 N–H and O–H groups in total. The van der Waals surface area contributed by atoms with Crippen molar-refractivity contribution in [2.75, 3.05) is 7.11 Å². The van der Waals surface area contributed by atoms with Gasteiger partial charge in [0.2, 0.25) is 10.9 Å². The van der Waals surface area contributed by atoms with Crippen LogP contribution in [0.2, 0.25) is 0 Å². The third-order valence-electron chi connectivity index (χ3n) is 0.912. The lowest BCUT2D eigenvalue weighted by Gasteiger charge is -2.20. The van der Waals surface area contributed by atoms with E-state index >= 15 is 0 Å². The molecule has 1 aliphatic heterocycles. The van der Waals surface area contributed by atoms with E-state index in [1.165, 1.54) is 18.5 Å². The molecule has 1 unspecified atom stereocenters. The zero-order chi connectivity index (χ0) is 7.56. The number of hydrogen-bond acceptors (Lipinski definition) is 4. The minimum atomic E-state index is -0.616. The Morgan fingerprint density at radius 1 is 1.80 bits per heavy atom. The fourth-order valence-corrected chi connectivity index (χ4v) is 0.880. The first kappa shape index (κ1) is 7.78. The molecule has 0 aromatic carbocycles. The monoisotopic (exact) mass is 181 g/mol. The van der Waals surface area contributed by atoms with E-state index < -0.39 is 5.62 Å². The van der Waals surface area contributed by atoms with Crippen molar-refractivity contribution < 1.29 is 4.84 Å². The highest BCUT2D eigenvalue weighted by Gasteiger charge is 2.14. The Morgan fingerprint density at radius 2 is 2.50 bits per heavy atom. The van der Waals surface area contributed by atoms with Gasteiger partial charge in [0.1, 0.15) is 6.34 Å². The molecule has 0 fully saturated rings. The van der Waals surface area contributed by atoms with Gasteiger partial charge in [-0.3, -0.25) is 4.84 Å². The zero-order valence-electron chi connectivity index (χ0n) is 5.16. The highest BCUT2D eigenvalue weighted by atomic mass is 35.5. The normalized spacial score (nSPS) is 24.9. The first-order valence-electron chi connectivity index (χ1n) is 2.48. The second-order valence-electron chi connectivity index (χ2n) is 1.50. The van der Waals surface area contributed by atoms with E-state index in [1.807, 2.05) is 0 Å². The van der Waals surface area contributed by atoms with Crippen molar-refractivity contribution in [3.8, 4) is 0 Å². The molecule has 1 rings (SSSR count). The Bertz CT molecular complexity index is 181. The summed E-state index contributed by atoms with van der Waals surface area (Å²) in [5, 5.41) is 1.40. The largest absolute Gasteiger partial charge is 0.273 e. The van der Waals surface area contributed by atoms with Crippen molar-refractivity contribution in [2.45, 2.75) is 5.62 Å².